The quantitative estimate of drug-likeness (QED) is 0.609. The molecule has 7 nitrogen and oxygen atoms in total. The van der Waals surface area contributed by atoms with Crippen molar-refractivity contribution in [2.45, 2.75) is 6.92 Å². The van der Waals surface area contributed by atoms with Gasteiger partial charge in [0.15, 0.2) is 5.82 Å². The summed E-state index contributed by atoms with van der Waals surface area (Å²) in [5, 5.41) is 18.8. The Hall–Kier alpha value is -3.63. The van der Waals surface area contributed by atoms with Gasteiger partial charge < -0.3 is 14.4 Å². The van der Waals surface area contributed by atoms with Gasteiger partial charge in [-0.25, -0.2) is 0 Å². The first-order valence-electron chi connectivity index (χ1n) is 9.81. The van der Waals surface area contributed by atoms with Crippen LogP contribution in [0.25, 0.3) is 17.3 Å². The van der Waals surface area contributed by atoms with Crippen LogP contribution in [0.15, 0.2) is 48.5 Å². The topological polar surface area (TPSA) is 76.2 Å². The van der Waals surface area contributed by atoms with E-state index < -0.39 is 0 Å². The number of methoxy groups -OCH3 is 1. The molecule has 1 aromatic heterocycles. The van der Waals surface area contributed by atoms with E-state index in [0.29, 0.717) is 30.6 Å². The lowest BCUT2D eigenvalue weighted by atomic mass is 10.1. The number of aromatic nitrogens is 3. The van der Waals surface area contributed by atoms with Gasteiger partial charge in [-0.05, 0) is 48.4 Å². The minimum absolute atomic E-state index is 0.440. The summed E-state index contributed by atoms with van der Waals surface area (Å²) in [7, 11) is 1.65. The number of nitrogens with zero attached hydrogens (tertiary/aromatic N) is 5. The Labute approximate surface area is 175 Å². The fourth-order valence-electron chi connectivity index (χ4n) is 3.54. The zero-order chi connectivity index (χ0) is 20.9. The smallest absolute Gasteiger partial charge is 0.232 e. The SMILES string of the molecule is COc1ccc(/C=C(\C#N)c2nnc(N3CCOCC3)n2-c2ccccc2)cc1C. The molecular weight excluding hydrogens is 378 g/mol. The lowest BCUT2D eigenvalue weighted by molar-refractivity contribution is 0.122. The minimum Gasteiger partial charge on any atom is -0.496 e. The van der Waals surface area contributed by atoms with Gasteiger partial charge in [-0.15, -0.1) is 10.2 Å². The highest BCUT2D eigenvalue weighted by molar-refractivity contribution is 5.88. The fraction of sp³-hybridized carbons (Fsp3) is 0.261. The Kier molecular flexibility index (Phi) is 5.77. The molecule has 1 aliphatic heterocycles. The highest BCUT2D eigenvalue weighted by Gasteiger charge is 2.23. The average molecular weight is 401 g/mol. The zero-order valence-corrected chi connectivity index (χ0v) is 17.1. The normalized spacial score (nSPS) is 14.4. The van der Waals surface area contributed by atoms with Gasteiger partial charge in [0.05, 0.1) is 31.6 Å². The lowest BCUT2D eigenvalue weighted by Crippen LogP contribution is -2.38. The number of rotatable bonds is 5. The number of ether oxygens (including phenoxy) is 2. The molecule has 1 saturated heterocycles. The summed E-state index contributed by atoms with van der Waals surface area (Å²) in [6.07, 6.45) is 1.83. The van der Waals surface area contributed by atoms with Gasteiger partial charge in [0, 0.05) is 13.1 Å². The molecule has 0 spiro atoms. The van der Waals surface area contributed by atoms with E-state index in [1.165, 1.54) is 0 Å². The number of morpholine rings is 1. The minimum atomic E-state index is 0.440. The molecule has 7 heteroatoms. The highest BCUT2D eigenvalue weighted by Crippen LogP contribution is 2.27. The van der Waals surface area contributed by atoms with Crippen LogP contribution >= 0.6 is 0 Å². The molecule has 0 amide bonds. The Morgan fingerprint density at radius 2 is 1.90 bits per heavy atom. The predicted octanol–water partition coefficient (Wildman–Crippen LogP) is 3.49. The number of aryl methyl sites for hydroxylation is 1. The Morgan fingerprint density at radius 3 is 2.57 bits per heavy atom. The second-order valence-electron chi connectivity index (χ2n) is 6.99. The summed E-state index contributed by atoms with van der Waals surface area (Å²) in [5.41, 5.74) is 3.25. The third-order valence-electron chi connectivity index (χ3n) is 5.05. The standard InChI is InChI=1S/C23H23N5O2/c1-17-14-18(8-9-21(17)29-2)15-19(16-24)22-25-26-23(27-10-12-30-13-11-27)28(22)20-6-4-3-5-7-20/h3-9,14-15H,10-13H2,1-2H3/b19-15+. The maximum absolute atomic E-state index is 9.94. The summed E-state index contributed by atoms with van der Waals surface area (Å²) in [6, 6.07) is 18.0. The van der Waals surface area contributed by atoms with Gasteiger partial charge in [-0.1, -0.05) is 24.3 Å². The van der Waals surface area contributed by atoms with E-state index in [4.69, 9.17) is 9.47 Å². The van der Waals surface area contributed by atoms with Crippen LogP contribution in [0.4, 0.5) is 5.95 Å². The van der Waals surface area contributed by atoms with E-state index in [1.807, 2.05) is 66.1 Å². The molecule has 0 unspecified atom stereocenters. The zero-order valence-electron chi connectivity index (χ0n) is 17.1. The molecule has 0 aliphatic carbocycles. The van der Waals surface area contributed by atoms with Crippen molar-refractivity contribution in [3.8, 4) is 17.5 Å². The molecule has 0 saturated carbocycles. The second-order valence-corrected chi connectivity index (χ2v) is 6.99. The van der Waals surface area contributed by atoms with Crippen LogP contribution in [0.1, 0.15) is 17.0 Å². The molecule has 1 fully saturated rings. The average Bonchev–Trinajstić information content (AvgIpc) is 3.24. The molecule has 0 atom stereocenters. The third kappa shape index (κ3) is 3.91. The number of nitriles is 1. The van der Waals surface area contributed by atoms with Gasteiger partial charge in [0.1, 0.15) is 11.8 Å². The summed E-state index contributed by atoms with van der Waals surface area (Å²) < 4.78 is 12.8. The summed E-state index contributed by atoms with van der Waals surface area (Å²) in [4.78, 5) is 2.14. The number of para-hydroxylation sites is 1. The van der Waals surface area contributed by atoms with Crippen LogP contribution in [0.3, 0.4) is 0 Å². The summed E-state index contributed by atoms with van der Waals surface area (Å²) in [5.74, 6) is 2.04. The van der Waals surface area contributed by atoms with Crippen molar-refractivity contribution in [2.24, 2.45) is 0 Å². The van der Waals surface area contributed by atoms with Crippen LogP contribution in [-0.2, 0) is 4.74 Å². The van der Waals surface area contributed by atoms with Gasteiger partial charge in [0.25, 0.3) is 0 Å². The Balaban J connectivity index is 1.81. The first-order valence-corrected chi connectivity index (χ1v) is 9.81. The Morgan fingerprint density at radius 1 is 1.13 bits per heavy atom. The van der Waals surface area contributed by atoms with E-state index in [2.05, 4.69) is 21.2 Å². The monoisotopic (exact) mass is 401 g/mol. The van der Waals surface area contributed by atoms with Crippen molar-refractivity contribution in [3.05, 3.63) is 65.5 Å². The predicted molar refractivity (Wildman–Crippen MR) is 116 cm³/mol. The van der Waals surface area contributed by atoms with E-state index in [1.54, 1.807) is 7.11 Å². The van der Waals surface area contributed by atoms with E-state index in [-0.39, 0.29) is 0 Å². The molecule has 4 rings (SSSR count). The van der Waals surface area contributed by atoms with E-state index >= 15 is 0 Å². The van der Waals surface area contributed by atoms with Crippen molar-refractivity contribution in [3.63, 3.8) is 0 Å². The molecule has 30 heavy (non-hydrogen) atoms. The van der Waals surface area contributed by atoms with Crippen LogP contribution in [0, 0.1) is 18.3 Å². The first-order chi connectivity index (χ1) is 14.7. The first kappa shape index (κ1) is 19.7. The van der Waals surface area contributed by atoms with E-state index in [0.717, 1.165) is 35.7 Å². The maximum Gasteiger partial charge on any atom is 0.232 e. The van der Waals surface area contributed by atoms with Crippen LogP contribution in [-0.4, -0.2) is 48.2 Å². The van der Waals surface area contributed by atoms with Gasteiger partial charge in [-0.2, -0.15) is 5.26 Å². The lowest BCUT2D eigenvalue weighted by Gasteiger charge is -2.28. The molecule has 152 valence electrons. The maximum atomic E-state index is 9.94. The number of anilines is 1. The van der Waals surface area contributed by atoms with Gasteiger partial charge in [-0.3, -0.25) is 4.57 Å². The molecule has 0 bridgehead atoms. The molecule has 2 heterocycles. The molecule has 0 radical (unpaired) electrons. The number of hydrogen-bond donors (Lipinski definition) is 0. The second kappa shape index (κ2) is 8.80. The third-order valence-corrected chi connectivity index (χ3v) is 5.05. The van der Waals surface area contributed by atoms with Crippen molar-refractivity contribution < 1.29 is 9.47 Å². The highest BCUT2D eigenvalue weighted by atomic mass is 16.5. The molecule has 0 N–H and O–H groups in total. The number of allylic oxidation sites excluding steroid dienone is 1. The fourth-order valence-corrected chi connectivity index (χ4v) is 3.54. The summed E-state index contributed by atoms with van der Waals surface area (Å²) >= 11 is 0. The number of benzene rings is 2. The van der Waals surface area contributed by atoms with E-state index in [9.17, 15) is 5.26 Å². The van der Waals surface area contributed by atoms with Crippen molar-refractivity contribution in [1.82, 2.24) is 14.8 Å². The van der Waals surface area contributed by atoms with Crippen molar-refractivity contribution in [2.75, 3.05) is 38.3 Å². The summed E-state index contributed by atoms with van der Waals surface area (Å²) in [6.45, 7) is 4.72. The number of hydrogen-bond acceptors (Lipinski definition) is 6. The van der Waals surface area contributed by atoms with Crippen molar-refractivity contribution in [1.29, 1.82) is 5.26 Å². The van der Waals surface area contributed by atoms with Crippen LogP contribution < -0.4 is 9.64 Å². The van der Waals surface area contributed by atoms with Gasteiger partial charge >= 0.3 is 0 Å². The van der Waals surface area contributed by atoms with Crippen molar-refractivity contribution >= 4 is 17.6 Å². The molecule has 1 aliphatic rings. The van der Waals surface area contributed by atoms with Crippen LogP contribution in [0.5, 0.6) is 5.75 Å². The molecular formula is C23H23N5O2. The largest absolute Gasteiger partial charge is 0.496 e. The van der Waals surface area contributed by atoms with Gasteiger partial charge in [0.2, 0.25) is 5.95 Å². The van der Waals surface area contributed by atoms with Crippen LogP contribution in [0.2, 0.25) is 0 Å². The Bertz CT molecular complexity index is 1090. The molecule has 3 aromatic rings. The molecule has 2 aromatic carbocycles.